The summed E-state index contributed by atoms with van der Waals surface area (Å²) in [5.41, 5.74) is 0. The Morgan fingerprint density at radius 1 is 1.35 bits per heavy atom. The van der Waals surface area contributed by atoms with Crippen molar-refractivity contribution in [3.63, 3.8) is 0 Å². The zero-order valence-electron chi connectivity index (χ0n) is 10.9. The molecule has 0 saturated heterocycles. The van der Waals surface area contributed by atoms with Gasteiger partial charge in [0.2, 0.25) is 10.0 Å². The molecule has 0 aromatic carbocycles. The number of nitrogens with one attached hydrogen (secondary N) is 1. The molecule has 5 heteroatoms. The van der Waals surface area contributed by atoms with Gasteiger partial charge < -0.3 is 5.11 Å². The van der Waals surface area contributed by atoms with Crippen LogP contribution in [-0.2, 0) is 10.0 Å². The second-order valence-electron chi connectivity index (χ2n) is 5.25. The molecule has 0 aromatic rings. The van der Waals surface area contributed by atoms with Crippen LogP contribution in [0, 0.1) is 5.92 Å². The molecule has 0 radical (unpaired) electrons. The number of aliphatic hydroxyl groups is 1. The number of hydrogen-bond donors (Lipinski definition) is 2. The smallest absolute Gasteiger partial charge is 0.212 e. The normalized spacial score (nSPS) is 27.9. The van der Waals surface area contributed by atoms with Crippen LogP contribution in [0.25, 0.3) is 0 Å². The van der Waals surface area contributed by atoms with Gasteiger partial charge in [-0.3, -0.25) is 0 Å². The number of sulfonamides is 1. The molecule has 1 rings (SSSR count). The van der Waals surface area contributed by atoms with Gasteiger partial charge in [-0.25, -0.2) is 13.1 Å². The van der Waals surface area contributed by atoms with E-state index < -0.39 is 16.1 Å². The third kappa shape index (κ3) is 5.36. The Morgan fingerprint density at radius 2 is 2.00 bits per heavy atom. The summed E-state index contributed by atoms with van der Waals surface area (Å²) >= 11 is 0. The van der Waals surface area contributed by atoms with Gasteiger partial charge in [0.1, 0.15) is 0 Å². The van der Waals surface area contributed by atoms with Crippen LogP contribution in [0.2, 0.25) is 0 Å². The van der Waals surface area contributed by atoms with Crippen LogP contribution in [0.1, 0.15) is 52.4 Å². The molecule has 0 aliphatic heterocycles. The van der Waals surface area contributed by atoms with E-state index in [0.29, 0.717) is 6.42 Å². The molecule has 0 spiro atoms. The maximum absolute atomic E-state index is 11.9. The molecule has 3 atom stereocenters. The Labute approximate surface area is 105 Å². The lowest BCUT2D eigenvalue weighted by Gasteiger charge is -2.28. The highest BCUT2D eigenvalue weighted by Gasteiger charge is 2.27. The highest BCUT2D eigenvalue weighted by Crippen LogP contribution is 2.19. The Kier molecular flexibility index (Phi) is 5.89. The SMILES string of the molecule is CCC[C@H](C)CS(=O)(=O)N[C@H]1CCCC[C@H]1O. The van der Waals surface area contributed by atoms with E-state index in [0.717, 1.165) is 32.1 Å². The third-order valence-corrected chi connectivity index (χ3v) is 5.02. The minimum atomic E-state index is -3.25. The van der Waals surface area contributed by atoms with Gasteiger partial charge in [0.25, 0.3) is 0 Å². The molecule has 1 aliphatic rings. The predicted molar refractivity (Wildman–Crippen MR) is 69.3 cm³/mol. The average Bonchev–Trinajstić information content (AvgIpc) is 2.20. The highest BCUT2D eigenvalue weighted by atomic mass is 32.2. The Morgan fingerprint density at radius 3 is 2.59 bits per heavy atom. The summed E-state index contributed by atoms with van der Waals surface area (Å²) in [6.45, 7) is 4.02. The van der Waals surface area contributed by atoms with Crippen LogP contribution in [-0.4, -0.2) is 31.4 Å². The molecule has 2 N–H and O–H groups in total. The van der Waals surface area contributed by atoms with Crippen molar-refractivity contribution in [2.75, 3.05) is 5.75 Å². The second-order valence-corrected chi connectivity index (χ2v) is 7.05. The fourth-order valence-electron chi connectivity index (χ4n) is 2.48. The van der Waals surface area contributed by atoms with Gasteiger partial charge in [-0.1, -0.05) is 33.1 Å². The van der Waals surface area contributed by atoms with E-state index in [2.05, 4.69) is 11.6 Å². The Bertz CT molecular complexity index is 316. The van der Waals surface area contributed by atoms with Crippen molar-refractivity contribution < 1.29 is 13.5 Å². The lowest BCUT2D eigenvalue weighted by Crippen LogP contribution is -2.46. The van der Waals surface area contributed by atoms with Crippen molar-refractivity contribution in [3.05, 3.63) is 0 Å². The standard InChI is InChI=1S/C12H25NO3S/c1-3-6-10(2)9-17(15,16)13-11-7-4-5-8-12(11)14/h10-14H,3-9H2,1-2H3/t10-,11-,12+/m0/s1. The molecule has 1 saturated carbocycles. The van der Waals surface area contributed by atoms with Crippen LogP contribution < -0.4 is 4.72 Å². The van der Waals surface area contributed by atoms with Gasteiger partial charge >= 0.3 is 0 Å². The Hall–Kier alpha value is -0.130. The molecule has 1 aliphatic carbocycles. The fraction of sp³-hybridized carbons (Fsp3) is 1.00. The lowest BCUT2D eigenvalue weighted by atomic mass is 9.93. The minimum Gasteiger partial charge on any atom is -0.391 e. The molecular formula is C12H25NO3S. The zero-order chi connectivity index (χ0) is 12.9. The first kappa shape index (κ1) is 14.9. The molecule has 1 fully saturated rings. The quantitative estimate of drug-likeness (QED) is 0.765. The molecule has 0 heterocycles. The lowest BCUT2D eigenvalue weighted by molar-refractivity contribution is 0.101. The first-order chi connectivity index (χ1) is 7.94. The van der Waals surface area contributed by atoms with Gasteiger partial charge in [0, 0.05) is 6.04 Å². The van der Waals surface area contributed by atoms with Crippen LogP contribution in [0.15, 0.2) is 0 Å². The summed E-state index contributed by atoms with van der Waals surface area (Å²) in [5.74, 6) is 0.350. The zero-order valence-corrected chi connectivity index (χ0v) is 11.7. The summed E-state index contributed by atoms with van der Waals surface area (Å²) in [6, 6.07) is -0.275. The van der Waals surface area contributed by atoms with Gasteiger partial charge in [0.15, 0.2) is 0 Å². The van der Waals surface area contributed by atoms with Crippen LogP contribution in [0.3, 0.4) is 0 Å². The molecule has 0 bridgehead atoms. The molecule has 0 aromatic heterocycles. The van der Waals surface area contributed by atoms with E-state index in [-0.39, 0.29) is 17.7 Å². The van der Waals surface area contributed by atoms with E-state index in [1.165, 1.54) is 0 Å². The Balaban J connectivity index is 2.47. The van der Waals surface area contributed by atoms with Crippen molar-refractivity contribution in [2.24, 2.45) is 5.92 Å². The van der Waals surface area contributed by atoms with Gasteiger partial charge in [-0.15, -0.1) is 0 Å². The van der Waals surface area contributed by atoms with Gasteiger partial charge in [-0.2, -0.15) is 0 Å². The second kappa shape index (κ2) is 6.71. The molecule has 0 unspecified atom stereocenters. The summed E-state index contributed by atoms with van der Waals surface area (Å²) in [4.78, 5) is 0. The molecule has 17 heavy (non-hydrogen) atoms. The summed E-state index contributed by atoms with van der Waals surface area (Å²) in [7, 11) is -3.25. The van der Waals surface area contributed by atoms with E-state index in [1.54, 1.807) is 0 Å². The van der Waals surface area contributed by atoms with Crippen molar-refractivity contribution in [2.45, 2.75) is 64.5 Å². The number of aliphatic hydroxyl groups excluding tert-OH is 1. The maximum atomic E-state index is 11.9. The third-order valence-electron chi connectivity index (χ3n) is 3.35. The van der Waals surface area contributed by atoms with Crippen molar-refractivity contribution in [1.82, 2.24) is 4.72 Å². The van der Waals surface area contributed by atoms with E-state index >= 15 is 0 Å². The summed E-state index contributed by atoms with van der Waals surface area (Å²) in [5, 5.41) is 9.74. The topological polar surface area (TPSA) is 66.4 Å². The highest BCUT2D eigenvalue weighted by molar-refractivity contribution is 7.89. The first-order valence-corrected chi connectivity index (χ1v) is 8.28. The van der Waals surface area contributed by atoms with Crippen LogP contribution in [0.4, 0.5) is 0 Å². The number of rotatable bonds is 6. The average molecular weight is 263 g/mol. The van der Waals surface area contributed by atoms with Crippen molar-refractivity contribution >= 4 is 10.0 Å². The molecule has 0 amide bonds. The summed E-state index contributed by atoms with van der Waals surface area (Å²) in [6.07, 6.45) is 4.86. The molecular weight excluding hydrogens is 238 g/mol. The van der Waals surface area contributed by atoms with Crippen molar-refractivity contribution in [1.29, 1.82) is 0 Å². The summed E-state index contributed by atoms with van der Waals surface area (Å²) < 4.78 is 26.5. The minimum absolute atomic E-state index is 0.171. The van der Waals surface area contributed by atoms with E-state index in [9.17, 15) is 13.5 Å². The van der Waals surface area contributed by atoms with Gasteiger partial charge in [0.05, 0.1) is 11.9 Å². The molecule has 102 valence electrons. The fourth-order valence-corrected chi connectivity index (χ4v) is 4.23. The first-order valence-electron chi connectivity index (χ1n) is 6.62. The van der Waals surface area contributed by atoms with E-state index in [4.69, 9.17) is 0 Å². The predicted octanol–water partition coefficient (Wildman–Crippen LogP) is 1.65. The van der Waals surface area contributed by atoms with Crippen LogP contribution in [0.5, 0.6) is 0 Å². The molecule has 4 nitrogen and oxygen atoms in total. The monoisotopic (exact) mass is 263 g/mol. The van der Waals surface area contributed by atoms with E-state index in [1.807, 2.05) is 6.92 Å². The number of hydrogen-bond acceptors (Lipinski definition) is 3. The van der Waals surface area contributed by atoms with Gasteiger partial charge in [-0.05, 0) is 25.2 Å². The maximum Gasteiger partial charge on any atom is 0.212 e. The van der Waals surface area contributed by atoms with Crippen LogP contribution >= 0.6 is 0 Å². The largest absolute Gasteiger partial charge is 0.391 e. The van der Waals surface area contributed by atoms with Crippen molar-refractivity contribution in [3.8, 4) is 0 Å².